The molecule has 1 heterocycles. The van der Waals surface area contributed by atoms with Crippen LogP contribution in [0.4, 0.5) is 10.1 Å². The molecule has 1 aromatic carbocycles. The molecule has 0 spiro atoms. The van der Waals surface area contributed by atoms with Crippen LogP contribution in [0.5, 0.6) is 0 Å². The van der Waals surface area contributed by atoms with Crippen molar-refractivity contribution in [2.45, 2.75) is 24.6 Å². The van der Waals surface area contributed by atoms with Crippen LogP contribution in [0.1, 0.15) is 16.8 Å². The van der Waals surface area contributed by atoms with Crippen molar-refractivity contribution < 1.29 is 18.8 Å². The number of carbonyl (C=O) groups excluding carboxylic acids is 1. The van der Waals surface area contributed by atoms with Gasteiger partial charge in [-0.05, 0) is 12.5 Å². The van der Waals surface area contributed by atoms with Crippen molar-refractivity contribution >= 4 is 11.6 Å². The monoisotopic (exact) mass is 295 g/mol. The fourth-order valence-corrected chi connectivity index (χ4v) is 2.96. The molecule has 0 aromatic heterocycles. The van der Waals surface area contributed by atoms with E-state index in [0.717, 1.165) is 24.6 Å². The molecule has 0 radical (unpaired) electrons. The zero-order chi connectivity index (χ0) is 15.1. The molecule has 1 saturated carbocycles. The minimum atomic E-state index is -0.810. The second-order valence-corrected chi connectivity index (χ2v) is 5.29. The highest BCUT2D eigenvalue weighted by atomic mass is 19.1. The van der Waals surface area contributed by atoms with E-state index in [1.165, 1.54) is 0 Å². The molecular weight excluding hydrogens is 281 g/mol. The molecule has 1 aliphatic heterocycles. The summed E-state index contributed by atoms with van der Waals surface area (Å²) in [6.45, 7) is 0.598. The number of nitrogens with one attached hydrogen (secondary N) is 1. The predicted octanol–water partition coefficient (Wildman–Crippen LogP) is 0.578. The minimum Gasteiger partial charge on any atom is -0.376 e. The van der Waals surface area contributed by atoms with Crippen LogP contribution in [0.2, 0.25) is 0 Å². The third-order valence-corrected chi connectivity index (χ3v) is 4.15. The van der Waals surface area contributed by atoms with Crippen molar-refractivity contribution in [3.63, 3.8) is 0 Å². The topological polar surface area (TPSA) is 107 Å². The van der Waals surface area contributed by atoms with E-state index in [9.17, 15) is 19.3 Å². The maximum absolute atomic E-state index is 13.7. The second-order valence-electron chi connectivity index (χ2n) is 5.29. The molecule has 1 saturated heterocycles. The number of non-ortho nitro benzene ring substituents is 1. The van der Waals surface area contributed by atoms with Crippen LogP contribution in [0, 0.1) is 21.8 Å². The molecule has 1 amide bonds. The summed E-state index contributed by atoms with van der Waals surface area (Å²) in [6, 6.07) is 2.22. The number of carbonyl (C=O) groups is 1. The summed E-state index contributed by atoms with van der Waals surface area (Å²) in [6.07, 6.45) is 0.703. The summed E-state index contributed by atoms with van der Waals surface area (Å²) in [5.41, 5.74) is 5.25. The number of amides is 1. The Balaban J connectivity index is 1.76. The number of hydrogen-bond acceptors (Lipinski definition) is 5. The fourth-order valence-electron chi connectivity index (χ4n) is 2.96. The van der Waals surface area contributed by atoms with Gasteiger partial charge in [0.25, 0.3) is 11.6 Å². The number of halogens is 1. The average Bonchev–Trinajstić information content (AvgIpc) is 2.89. The number of rotatable bonds is 3. The van der Waals surface area contributed by atoms with Gasteiger partial charge in [-0.3, -0.25) is 14.9 Å². The molecule has 7 nitrogen and oxygen atoms in total. The zero-order valence-corrected chi connectivity index (χ0v) is 11.0. The van der Waals surface area contributed by atoms with Gasteiger partial charge in [-0.1, -0.05) is 0 Å². The quantitative estimate of drug-likeness (QED) is 0.626. The highest BCUT2D eigenvalue weighted by Crippen LogP contribution is 2.37. The third-order valence-electron chi connectivity index (χ3n) is 4.15. The second kappa shape index (κ2) is 5.05. The lowest BCUT2D eigenvalue weighted by atomic mass is 9.72. The Bertz CT molecular complexity index is 609. The smallest absolute Gasteiger partial charge is 0.270 e. The summed E-state index contributed by atoms with van der Waals surface area (Å²) >= 11 is 0. The number of ether oxygens (including phenoxy) is 1. The van der Waals surface area contributed by atoms with Crippen molar-refractivity contribution in [3.8, 4) is 0 Å². The summed E-state index contributed by atoms with van der Waals surface area (Å²) in [5, 5.41) is 13.3. The van der Waals surface area contributed by atoms with Crippen LogP contribution in [0.15, 0.2) is 18.2 Å². The molecule has 1 aromatic rings. The average molecular weight is 295 g/mol. The highest BCUT2D eigenvalue weighted by Gasteiger charge is 2.52. The fraction of sp³-hybridized carbons (Fsp3) is 0.462. The molecule has 21 heavy (non-hydrogen) atoms. The Morgan fingerprint density at radius 1 is 1.52 bits per heavy atom. The van der Waals surface area contributed by atoms with E-state index in [4.69, 9.17) is 10.5 Å². The van der Waals surface area contributed by atoms with E-state index < -0.39 is 16.6 Å². The van der Waals surface area contributed by atoms with Gasteiger partial charge < -0.3 is 15.8 Å². The van der Waals surface area contributed by atoms with Gasteiger partial charge in [0.1, 0.15) is 5.82 Å². The van der Waals surface area contributed by atoms with E-state index >= 15 is 0 Å². The first kappa shape index (κ1) is 13.9. The van der Waals surface area contributed by atoms with Crippen LogP contribution in [0.25, 0.3) is 0 Å². The number of benzene rings is 1. The molecule has 0 bridgehead atoms. The molecule has 2 fully saturated rings. The van der Waals surface area contributed by atoms with Crippen LogP contribution < -0.4 is 11.1 Å². The SMILES string of the molecule is NC1C2CCOC2C1NC(=O)c1cc([N+](=O)[O-])ccc1F. The molecule has 3 rings (SSSR count). The standard InChI is InChI=1S/C13H14FN3O4/c14-9-2-1-6(17(19)20)5-8(9)13(18)16-11-10(15)7-3-4-21-12(7)11/h1-2,5,7,10-12H,3-4,15H2,(H,16,18). The van der Waals surface area contributed by atoms with Crippen molar-refractivity contribution in [2.24, 2.45) is 11.7 Å². The number of nitro groups is 1. The van der Waals surface area contributed by atoms with Crippen molar-refractivity contribution in [2.75, 3.05) is 6.61 Å². The maximum Gasteiger partial charge on any atom is 0.270 e. The largest absolute Gasteiger partial charge is 0.376 e. The Hall–Kier alpha value is -2.06. The normalized spacial score (nSPS) is 30.4. The number of hydrogen-bond donors (Lipinski definition) is 2. The molecule has 112 valence electrons. The van der Waals surface area contributed by atoms with E-state index in [0.29, 0.717) is 6.61 Å². The van der Waals surface area contributed by atoms with E-state index in [1.54, 1.807) is 0 Å². The van der Waals surface area contributed by atoms with Gasteiger partial charge in [0.15, 0.2) is 0 Å². The molecule has 8 heteroatoms. The molecule has 1 aliphatic carbocycles. The summed E-state index contributed by atoms with van der Waals surface area (Å²) < 4.78 is 19.1. The predicted molar refractivity (Wildman–Crippen MR) is 70.1 cm³/mol. The third kappa shape index (κ3) is 2.26. The highest BCUT2D eigenvalue weighted by molar-refractivity contribution is 5.95. The van der Waals surface area contributed by atoms with Crippen LogP contribution >= 0.6 is 0 Å². The lowest BCUT2D eigenvalue weighted by molar-refractivity contribution is -0.384. The lowest BCUT2D eigenvalue weighted by Gasteiger charge is -2.45. The number of nitro benzene ring substituents is 1. The van der Waals surface area contributed by atoms with Gasteiger partial charge in [-0.15, -0.1) is 0 Å². The molecule has 4 atom stereocenters. The van der Waals surface area contributed by atoms with Crippen LogP contribution in [0.3, 0.4) is 0 Å². The Morgan fingerprint density at radius 3 is 3.00 bits per heavy atom. The van der Waals surface area contributed by atoms with Gasteiger partial charge in [0, 0.05) is 30.7 Å². The minimum absolute atomic E-state index is 0.147. The first-order valence-electron chi connectivity index (χ1n) is 6.61. The van der Waals surface area contributed by atoms with Gasteiger partial charge in [-0.25, -0.2) is 4.39 Å². The first-order chi connectivity index (χ1) is 9.99. The molecule has 3 N–H and O–H groups in total. The van der Waals surface area contributed by atoms with Gasteiger partial charge >= 0.3 is 0 Å². The van der Waals surface area contributed by atoms with Gasteiger partial charge in [-0.2, -0.15) is 0 Å². The number of nitrogens with two attached hydrogens (primary N) is 1. The number of nitrogens with zero attached hydrogens (tertiary/aromatic N) is 1. The van der Waals surface area contributed by atoms with Crippen molar-refractivity contribution in [3.05, 3.63) is 39.7 Å². The summed E-state index contributed by atoms with van der Waals surface area (Å²) in [7, 11) is 0. The summed E-state index contributed by atoms with van der Waals surface area (Å²) in [4.78, 5) is 22.1. The Labute approximate surface area is 119 Å². The van der Waals surface area contributed by atoms with Gasteiger partial charge in [0.05, 0.1) is 22.6 Å². The van der Waals surface area contributed by atoms with Crippen molar-refractivity contribution in [1.82, 2.24) is 5.32 Å². The lowest BCUT2D eigenvalue weighted by Crippen LogP contribution is -2.69. The van der Waals surface area contributed by atoms with Crippen LogP contribution in [-0.2, 0) is 4.74 Å². The van der Waals surface area contributed by atoms with Gasteiger partial charge in [0.2, 0.25) is 0 Å². The zero-order valence-electron chi connectivity index (χ0n) is 11.0. The van der Waals surface area contributed by atoms with E-state index in [1.807, 2.05) is 0 Å². The van der Waals surface area contributed by atoms with Crippen molar-refractivity contribution in [1.29, 1.82) is 0 Å². The first-order valence-corrected chi connectivity index (χ1v) is 6.61. The maximum atomic E-state index is 13.7. The molecule has 4 unspecified atom stereocenters. The van der Waals surface area contributed by atoms with E-state index in [2.05, 4.69) is 5.32 Å². The molecular formula is C13H14FN3O4. The Kier molecular flexibility index (Phi) is 3.34. The van der Waals surface area contributed by atoms with E-state index in [-0.39, 0.29) is 35.4 Å². The Morgan fingerprint density at radius 2 is 2.29 bits per heavy atom. The number of fused-ring (bicyclic) bond motifs is 1. The van der Waals surface area contributed by atoms with Crippen LogP contribution in [-0.4, -0.2) is 35.6 Å². The summed E-state index contributed by atoms with van der Waals surface area (Å²) in [5.74, 6) is -1.31. The molecule has 2 aliphatic rings.